The fraction of sp³-hybridized carbons (Fsp3) is 0.111. The minimum absolute atomic E-state index is 0.161. The van der Waals surface area contributed by atoms with Crippen LogP contribution < -0.4 is 0 Å². The Labute approximate surface area is 136 Å². The minimum atomic E-state index is -0.765. The molecule has 0 saturated carbocycles. The average Bonchev–Trinajstić information content (AvgIpc) is 3.12. The van der Waals surface area contributed by atoms with E-state index in [1.165, 1.54) is 0 Å². The van der Waals surface area contributed by atoms with Gasteiger partial charge < -0.3 is 5.11 Å². The van der Waals surface area contributed by atoms with Crippen LogP contribution in [0.1, 0.15) is 12.0 Å². The highest BCUT2D eigenvalue weighted by Crippen LogP contribution is 2.30. The maximum atomic E-state index is 10.7. The van der Waals surface area contributed by atoms with Gasteiger partial charge in [-0.2, -0.15) is 0 Å². The highest BCUT2D eigenvalue weighted by molar-refractivity contribution is 7.15. The Morgan fingerprint density at radius 1 is 1.13 bits per heavy atom. The van der Waals surface area contributed by atoms with Crippen molar-refractivity contribution in [1.29, 1.82) is 0 Å². The van der Waals surface area contributed by atoms with Crippen LogP contribution in [0.25, 0.3) is 27.3 Å². The predicted molar refractivity (Wildman–Crippen MR) is 92.0 cm³/mol. The van der Waals surface area contributed by atoms with E-state index >= 15 is 0 Å². The third-order valence-electron chi connectivity index (χ3n) is 3.92. The van der Waals surface area contributed by atoms with E-state index in [2.05, 4.69) is 20.8 Å². The van der Waals surface area contributed by atoms with Crippen LogP contribution in [0.5, 0.6) is 0 Å². The van der Waals surface area contributed by atoms with Crippen molar-refractivity contribution >= 4 is 33.3 Å². The van der Waals surface area contributed by atoms with E-state index in [4.69, 9.17) is 5.11 Å². The molecule has 0 saturated heterocycles. The van der Waals surface area contributed by atoms with E-state index in [0.717, 1.165) is 32.8 Å². The number of thiazole rings is 1. The van der Waals surface area contributed by atoms with Gasteiger partial charge in [-0.25, -0.2) is 4.98 Å². The molecule has 4 aromatic rings. The van der Waals surface area contributed by atoms with Crippen molar-refractivity contribution in [1.82, 2.24) is 9.38 Å². The van der Waals surface area contributed by atoms with Crippen molar-refractivity contribution in [2.45, 2.75) is 12.8 Å². The summed E-state index contributed by atoms with van der Waals surface area (Å²) >= 11 is 1.63. The van der Waals surface area contributed by atoms with Gasteiger partial charge in [-0.1, -0.05) is 36.4 Å². The number of imidazole rings is 1. The Morgan fingerprint density at radius 2 is 1.91 bits per heavy atom. The molecule has 2 aromatic heterocycles. The van der Waals surface area contributed by atoms with Gasteiger partial charge in [0.05, 0.1) is 16.7 Å². The third-order valence-corrected chi connectivity index (χ3v) is 4.75. The molecule has 0 atom stereocenters. The molecule has 2 aromatic carbocycles. The van der Waals surface area contributed by atoms with Crippen LogP contribution in [0.15, 0.2) is 53.9 Å². The number of carbonyl (C=O) groups is 1. The van der Waals surface area contributed by atoms with Crippen LogP contribution >= 0.6 is 11.3 Å². The zero-order valence-electron chi connectivity index (χ0n) is 12.3. The van der Waals surface area contributed by atoms with E-state index in [1.807, 2.05) is 42.5 Å². The number of hydrogen-bond donors (Lipinski definition) is 1. The first-order chi connectivity index (χ1) is 11.2. The number of aromatic nitrogens is 2. The highest BCUT2D eigenvalue weighted by atomic mass is 32.1. The smallest absolute Gasteiger partial charge is 0.303 e. The van der Waals surface area contributed by atoms with Crippen LogP contribution in [0.2, 0.25) is 0 Å². The maximum Gasteiger partial charge on any atom is 0.303 e. The Balaban J connectivity index is 1.75. The van der Waals surface area contributed by atoms with Gasteiger partial charge in [-0.05, 0) is 29.7 Å². The Bertz CT molecular complexity index is 999. The second-order valence-electron chi connectivity index (χ2n) is 5.43. The molecule has 4 rings (SSSR count). The van der Waals surface area contributed by atoms with Gasteiger partial charge in [-0.3, -0.25) is 9.20 Å². The van der Waals surface area contributed by atoms with Gasteiger partial charge in [0.2, 0.25) is 0 Å². The van der Waals surface area contributed by atoms with E-state index < -0.39 is 5.97 Å². The molecule has 4 nitrogen and oxygen atoms in total. The van der Waals surface area contributed by atoms with Crippen molar-refractivity contribution in [2.75, 3.05) is 0 Å². The van der Waals surface area contributed by atoms with Crippen molar-refractivity contribution in [3.8, 4) is 11.3 Å². The molecular weight excluding hydrogens is 308 g/mol. The molecule has 0 radical (unpaired) electrons. The summed E-state index contributed by atoms with van der Waals surface area (Å²) in [6.45, 7) is 0. The molecule has 1 N–H and O–H groups in total. The van der Waals surface area contributed by atoms with E-state index in [0.29, 0.717) is 6.42 Å². The third kappa shape index (κ3) is 2.49. The molecule has 0 spiro atoms. The maximum absolute atomic E-state index is 10.7. The molecule has 0 fully saturated rings. The zero-order chi connectivity index (χ0) is 15.8. The van der Waals surface area contributed by atoms with E-state index in [1.54, 1.807) is 11.3 Å². The number of carboxylic acid groups (broad SMARTS) is 1. The lowest BCUT2D eigenvalue weighted by atomic mass is 10.1. The number of rotatable bonds is 4. The molecule has 114 valence electrons. The second kappa shape index (κ2) is 5.52. The molecule has 0 aliphatic heterocycles. The molecule has 0 bridgehead atoms. The summed E-state index contributed by atoms with van der Waals surface area (Å²) in [4.78, 5) is 16.3. The van der Waals surface area contributed by atoms with Gasteiger partial charge in [0.15, 0.2) is 4.96 Å². The summed E-state index contributed by atoms with van der Waals surface area (Å²) in [6, 6.07) is 16.2. The summed E-state index contributed by atoms with van der Waals surface area (Å²) in [5, 5.41) is 10.9. The van der Waals surface area contributed by atoms with Crippen molar-refractivity contribution in [3.05, 3.63) is 59.5 Å². The first kappa shape index (κ1) is 14.0. The predicted octanol–water partition coefficient (Wildman–Crippen LogP) is 4.23. The molecule has 2 heterocycles. The summed E-state index contributed by atoms with van der Waals surface area (Å²) in [6.07, 6.45) is 0.719. The minimum Gasteiger partial charge on any atom is -0.481 e. The number of carboxylic acids is 1. The number of benzene rings is 2. The lowest BCUT2D eigenvalue weighted by Gasteiger charge is -2.04. The second-order valence-corrected chi connectivity index (χ2v) is 6.27. The molecule has 0 unspecified atom stereocenters. The normalized spacial score (nSPS) is 11.3. The molecule has 0 aliphatic carbocycles. The highest BCUT2D eigenvalue weighted by Gasteiger charge is 2.11. The lowest BCUT2D eigenvalue weighted by molar-refractivity contribution is -0.136. The first-order valence-electron chi connectivity index (χ1n) is 7.38. The fourth-order valence-electron chi connectivity index (χ4n) is 2.77. The fourth-order valence-corrected chi connectivity index (χ4v) is 3.68. The van der Waals surface area contributed by atoms with Crippen molar-refractivity contribution in [3.63, 3.8) is 0 Å². The standard InChI is InChI=1S/C18H14N2O2S/c21-17(22)10-7-12-5-8-13(9-6-12)16-11-23-18-19-14-3-1-2-4-15(14)20(16)18/h1-6,8-9,11H,7,10H2,(H,21,22). The molecule has 0 aliphatic rings. The monoisotopic (exact) mass is 322 g/mol. The number of aliphatic carboxylic acids is 1. The summed E-state index contributed by atoms with van der Waals surface area (Å²) in [5.74, 6) is -0.765. The van der Waals surface area contributed by atoms with Crippen LogP contribution in [-0.2, 0) is 11.2 Å². The van der Waals surface area contributed by atoms with Crippen molar-refractivity contribution in [2.24, 2.45) is 0 Å². The van der Waals surface area contributed by atoms with Crippen LogP contribution in [-0.4, -0.2) is 20.5 Å². The SMILES string of the molecule is O=C(O)CCc1ccc(-c2csc3nc4ccccc4n23)cc1. The number of para-hydroxylation sites is 2. The van der Waals surface area contributed by atoms with Crippen LogP contribution in [0.3, 0.4) is 0 Å². The first-order valence-corrected chi connectivity index (χ1v) is 8.26. The topological polar surface area (TPSA) is 54.6 Å². The number of aryl methyl sites for hydroxylation is 1. The summed E-state index contributed by atoms with van der Waals surface area (Å²) in [5.41, 5.74) is 5.37. The van der Waals surface area contributed by atoms with Gasteiger partial charge in [0.1, 0.15) is 0 Å². The zero-order valence-corrected chi connectivity index (χ0v) is 13.1. The Morgan fingerprint density at radius 3 is 2.70 bits per heavy atom. The van der Waals surface area contributed by atoms with Gasteiger partial charge in [0, 0.05) is 11.8 Å². The van der Waals surface area contributed by atoms with Crippen LogP contribution in [0, 0.1) is 0 Å². The number of fused-ring (bicyclic) bond motifs is 3. The van der Waals surface area contributed by atoms with E-state index in [9.17, 15) is 4.79 Å². The van der Waals surface area contributed by atoms with Crippen LogP contribution in [0.4, 0.5) is 0 Å². The summed E-state index contributed by atoms with van der Waals surface area (Å²) in [7, 11) is 0. The lowest BCUT2D eigenvalue weighted by Crippen LogP contribution is -1.97. The largest absolute Gasteiger partial charge is 0.481 e. The van der Waals surface area contributed by atoms with Crippen molar-refractivity contribution < 1.29 is 9.90 Å². The summed E-state index contributed by atoms with van der Waals surface area (Å²) < 4.78 is 2.17. The van der Waals surface area contributed by atoms with Gasteiger partial charge in [0.25, 0.3) is 0 Å². The molecule has 0 amide bonds. The molecular formula is C18H14N2O2S. The molecule has 23 heavy (non-hydrogen) atoms. The number of hydrogen-bond acceptors (Lipinski definition) is 3. The Hall–Kier alpha value is -2.66. The molecule has 5 heteroatoms. The van der Waals surface area contributed by atoms with Gasteiger partial charge >= 0.3 is 5.97 Å². The average molecular weight is 322 g/mol. The number of nitrogens with zero attached hydrogens (tertiary/aromatic N) is 2. The Kier molecular flexibility index (Phi) is 3.35. The quantitative estimate of drug-likeness (QED) is 0.611. The van der Waals surface area contributed by atoms with E-state index in [-0.39, 0.29) is 6.42 Å². The van der Waals surface area contributed by atoms with Gasteiger partial charge in [-0.15, -0.1) is 11.3 Å².